The van der Waals surface area contributed by atoms with E-state index in [1.165, 1.54) is 24.6 Å². The number of rotatable bonds is 4. The molecule has 3 heteroatoms. The predicted molar refractivity (Wildman–Crippen MR) is 66.3 cm³/mol. The Balaban J connectivity index is 1.81. The molecule has 0 bridgehead atoms. The maximum absolute atomic E-state index is 13.0. The Kier molecular flexibility index (Phi) is 4.15. The third-order valence-corrected chi connectivity index (χ3v) is 3.17. The molecule has 0 aromatic heterocycles. The number of aromatic hydroxyl groups is 1. The molecule has 0 saturated carbocycles. The number of hydrogen-bond donors (Lipinski definition) is 2. The van der Waals surface area contributed by atoms with Gasteiger partial charge in [-0.1, -0.05) is 12.2 Å². The van der Waals surface area contributed by atoms with Crippen LogP contribution in [0.3, 0.4) is 0 Å². The van der Waals surface area contributed by atoms with Gasteiger partial charge in [-0.3, -0.25) is 0 Å². The third kappa shape index (κ3) is 3.56. The van der Waals surface area contributed by atoms with Gasteiger partial charge in [0, 0.05) is 12.1 Å². The van der Waals surface area contributed by atoms with Gasteiger partial charge in [0.2, 0.25) is 0 Å². The maximum Gasteiger partial charge on any atom is 0.123 e. The summed E-state index contributed by atoms with van der Waals surface area (Å²) in [4.78, 5) is 0. The van der Waals surface area contributed by atoms with Crippen molar-refractivity contribution in [3.8, 4) is 5.75 Å². The van der Waals surface area contributed by atoms with Crippen LogP contribution in [0.25, 0.3) is 0 Å². The number of halogens is 1. The molecule has 17 heavy (non-hydrogen) atoms. The lowest BCUT2D eigenvalue weighted by Gasteiger charge is -2.18. The first-order valence-corrected chi connectivity index (χ1v) is 6.09. The zero-order valence-electron chi connectivity index (χ0n) is 9.82. The highest BCUT2D eigenvalue weighted by Gasteiger charge is 2.09. The van der Waals surface area contributed by atoms with Crippen LogP contribution < -0.4 is 5.32 Å². The van der Waals surface area contributed by atoms with E-state index < -0.39 is 0 Å². The molecular weight excluding hydrogens is 217 g/mol. The quantitative estimate of drug-likeness (QED) is 0.786. The highest BCUT2D eigenvalue weighted by Crippen LogP contribution is 2.19. The Morgan fingerprint density at radius 2 is 2.24 bits per heavy atom. The van der Waals surface area contributed by atoms with Crippen molar-refractivity contribution in [2.75, 3.05) is 6.54 Å². The van der Waals surface area contributed by atoms with Crippen LogP contribution in [0.5, 0.6) is 5.75 Å². The molecule has 2 rings (SSSR count). The van der Waals surface area contributed by atoms with E-state index in [-0.39, 0.29) is 11.6 Å². The molecule has 1 aliphatic rings. The first kappa shape index (κ1) is 12.1. The minimum Gasteiger partial charge on any atom is -0.508 e. The fourth-order valence-corrected chi connectivity index (χ4v) is 2.15. The second kappa shape index (κ2) is 5.82. The summed E-state index contributed by atoms with van der Waals surface area (Å²) >= 11 is 0. The lowest BCUT2D eigenvalue weighted by molar-refractivity contribution is 0.430. The summed E-state index contributed by atoms with van der Waals surface area (Å²) in [6, 6.07) is 4.05. The third-order valence-electron chi connectivity index (χ3n) is 3.17. The van der Waals surface area contributed by atoms with Crippen LogP contribution in [0.15, 0.2) is 30.4 Å². The monoisotopic (exact) mass is 235 g/mol. The summed E-state index contributed by atoms with van der Waals surface area (Å²) in [5.74, 6) is 0.512. The van der Waals surface area contributed by atoms with Gasteiger partial charge in [0.15, 0.2) is 0 Å². The van der Waals surface area contributed by atoms with Gasteiger partial charge >= 0.3 is 0 Å². The Hall–Kier alpha value is -1.35. The van der Waals surface area contributed by atoms with Crippen molar-refractivity contribution < 1.29 is 9.50 Å². The number of phenolic OH excluding ortho intramolecular Hbond substituents is 1. The van der Waals surface area contributed by atoms with E-state index in [9.17, 15) is 9.50 Å². The van der Waals surface area contributed by atoms with Gasteiger partial charge in [-0.2, -0.15) is 0 Å². The standard InChI is InChI=1S/C14H18FNO/c15-13-6-7-14(17)12(8-13)10-16-9-11-4-2-1-3-5-11/h1-2,6-8,11,16-17H,3-5,9-10H2. The Morgan fingerprint density at radius 1 is 1.35 bits per heavy atom. The molecule has 1 aromatic rings. The van der Waals surface area contributed by atoms with Gasteiger partial charge < -0.3 is 10.4 Å². The van der Waals surface area contributed by atoms with E-state index >= 15 is 0 Å². The van der Waals surface area contributed by atoms with Crippen LogP contribution in [0, 0.1) is 11.7 Å². The van der Waals surface area contributed by atoms with Gasteiger partial charge in [-0.15, -0.1) is 0 Å². The highest BCUT2D eigenvalue weighted by atomic mass is 19.1. The molecule has 1 unspecified atom stereocenters. The van der Waals surface area contributed by atoms with Gasteiger partial charge in [0.1, 0.15) is 11.6 Å². The summed E-state index contributed by atoms with van der Waals surface area (Å²) in [6.07, 6.45) is 7.91. The molecule has 0 saturated heterocycles. The zero-order valence-corrected chi connectivity index (χ0v) is 9.82. The molecule has 0 amide bonds. The molecule has 1 aromatic carbocycles. The highest BCUT2D eigenvalue weighted by molar-refractivity contribution is 5.32. The molecule has 2 nitrogen and oxygen atoms in total. The van der Waals surface area contributed by atoms with E-state index in [4.69, 9.17) is 0 Å². The fraction of sp³-hybridized carbons (Fsp3) is 0.429. The van der Waals surface area contributed by atoms with E-state index in [2.05, 4.69) is 17.5 Å². The summed E-state index contributed by atoms with van der Waals surface area (Å²) in [6.45, 7) is 1.43. The smallest absolute Gasteiger partial charge is 0.123 e. The average Bonchev–Trinajstić information content (AvgIpc) is 2.35. The van der Waals surface area contributed by atoms with Crippen molar-refractivity contribution >= 4 is 0 Å². The average molecular weight is 235 g/mol. The van der Waals surface area contributed by atoms with Crippen LogP contribution in [0.1, 0.15) is 24.8 Å². The number of nitrogens with one attached hydrogen (secondary N) is 1. The van der Waals surface area contributed by atoms with Crippen LogP contribution in [0.4, 0.5) is 4.39 Å². The second-order valence-corrected chi connectivity index (χ2v) is 4.55. The van der Waals surface area contributed by atoms with E-state index in [0.29, 0.717) is 18.0 Å². The zero-order chi connectivity index (χ0) is 12.1. The lowest BCUT2D eigenvalue weighted by Crippen LogP contribution is -2.23. The van der Waals surface area contributed by atoms with Crippen molar-refractivity contribution in [3.63, 3.8) is 0 Å². The molecule has 92 valence electrons. The Bertz CT molecular complexity index is 403. The van der Waals surface area contributed by atoms with Crippen molar-refractivity contribution in [3.05, 3.63) is 41.7 Å². The van der Waals surface area contributed by atoms with Crippen molar-refractivity contribution in [2.45, 2.75) is 25.8 Å². The van der Waals surface area contributed by atoms with Crippen LogP contribution >= 0.6 is 0 Å². The molecular formula is C14H18FNO. The van der Waals surface area contributed by atoms with Crippen LogP contribution in [0.2, 0.25) is 0 Å². The molecule has 0 spiro atoms. The lowest BCUT2D eigenvalue weighted by atomic mass is 9.94. The normalized spacial score (nSPS) is 19.5. The summed E-state index contributed by atoms with van der Waals surface area (Å²) in [7, 11) is 0. The first-order chi connectivity index (χ1) is 8.25. The first-order valence-electron chi connectivity index (χ1n) is 6.09. The molecule has 2 N–H and O–H groups in total. The maximum atomic E-state index is 13.0. The minimum atomic E-state index is -0.305. The van der Waals surface area contributed by atoms with Crippen LogP contribution in [-0.4, -0.2) is 11.7 Å². The number of allylic oxidation sites excluding steroid dienone is 2. The van der Waals surface area contributed by atoms with Crippen molar-refractivity contribution in [1.82, 2.24) is 5.32 Å². The summed E-state index contributed by atoms with van der Waals surface area (Å²) < 4.78 is 13.0. The van der Waals surface area contributed by atoms with E-state index in [1.807, 2.05) is 0 Å². The van der Waals surface area contributed by atoms with Gasteiger partial charge in [-0.05, 0) is 49.9 Å². The molecule has 1 atom stereocenters. The molecule has 0 aliphatic heterocycles. The van der Waals surface area contributed by atoms with Gasteiger partial charge in [0.05, 0.1) is 0 Å². The molecule has 0 fully saturated rings. The van der Waals surface area contributed by atoms with Crippen LogP contribution in [-0.2, 0) is 6.54 Å². The number of benzene rings is 1. The topological polar surface area (TPSA) is 32.3 Å². The largest absolute Gasteiger partial charge is 0.508 e. The van der Waals surface area contributed by atoms with Crippen molar-refractivity contribution in [2.24, 2.45) is 5.92 Å². The molecule has 0 heterocycles. The van der Waals surface area contributed by atoms with E-state index in [0.717, 1.165) is 19.4 Å². The second-order valence-electron chi connectivity index (χ2n) is 4.55. The van der Waals surface area contributed by atoms with E-state index in [1.54, 1.807) is 0 Å². The Labute approximate surface area is 101 Å². The summed E-state index contributed by atoms with van der Waals surface area (Å²) in [5, 5.41) is 12.8. The minimum absolute atomic E-state index is 0.155. The fourth-order valence-electron chi connectivity index (χ4n) is 2.15. The number of phenols is 1. The number of hydrogen-bond acceptors (Lipinski definition) is 2. The SMILES string of the molecule is Oc1ccc(F)cc1CNCC1CC=CCC1. The predicted octanol–water partition coefficient (Wildman–Crippen LogP) is 2.98. The van der Waals surface area contributed by atoms with Gasteiger partial charge in [-0.25, -0.2) is 4.39 Å². The molecule has 1 aliphatic carbocycles. The van der Waals surface area contributed by atoms with Gasteiger partial charge in [0.25, 0.3) is 0 Å². The van der Waals surface area contributed by atoms with Crippen molar-refractivity contribution in [1.29, 1.82) is 0 Å². The molecule has 0 radical (unpaired) electrons. The summed E-state index contributed by atoms with van der Waals surface area (Å²) in [5.41, 5.74) is 0.622. The Morgan fingerprint density at radius 3 is 3.00 bits per heavy atom.